The van der Waals surface area contributed by atoms with E-state index in [1.807, 2.05) is 18.2 Å². The zero-order valence-corrected chi connectivity index (χ0v) is 14.5. The molecule has 1 fully saturated rings. The molecule has 9 heteroatoms. The molecule has 1 aliphatic heterocycles. The average molecular weight is 377 g/mol. The first-order chi connectivity index (χ1) is 12.9. The molecule has 2 N–H and O–H groups in total. The topological polar surface area (TPSA) is 63.5 Å². The lowest BCUT2D eigenvalue weighted by atomic mass is 10.1. The highest BCUT2D eigenvalue weighted by Crippen LogP contribution is 2.26. The third kappa shape index (κ3) is 3.82. The number of alkyl halides is 3. The monoisotopic (exact) mass is 377 g/mol. The number of fused-ring (bicyclic) bond motifs is 1. The summed E-state index contributed by atoms with van der Waals surface area (Å²) in [7, 11) is 0. The van der Waals surface area contributed by atoms with Crippen molar-refractivity contribution in [3.05, 3.63) is 42.7 Å². The normalized spacial score (nSPS) is 20.1. The fourth-order valence-electron chi connectivity index (χ4n) is 3.20. The van der Waals surface area contributed by atoms with E-state index in [1.165, 1.54) is 18.3 Å². The molecule has 0 aromatic carbocycles. The van der Waals surface area contributed by atoms with Crippen LogP contribution in [0.3, 0.4) is 0 Å². The van der Waals surface area contributed by atoms with Crippen molar-refractivity contribution in [3.8, 4) is 17.1 Å². The summed E-state index contributed by atoms with van der Waals surface area (Å²) in [5.41, 5.74) is 1.71. The van der Waals surface area contributed by atoms with Gasteiger partial charge in [-0.15, -0.1) is 13.2 Å². The van der Waals surface area contributed by atoms with Crippen LogP contribution in [0.1, 0.15) is 6.92 Å². The predicted molar refractivity (Wildman–Crippen MR) is 94.6 cm³/mol. The zero-order valence-electron chi connectivity index (χ0n) is 14.5. The van der Waals surface area contributed by atoms with Crippen molar-refractivity contribution in [3.63, 3.8) is 0 Å². The fraction of sp³-hybridized carbons (Fsp3) is 0.333. The number of hydrogen-bond acceptors (Lipinski definition) is 5. The summed E-state index contributed by atoms with van der Waals surface area (Å²) >= 11 is 0. The number of hydrogen-bond donors (Lipinski definition) is 2. The molecule has 0 aliphatic carbocycles. The minimum absolute atomic E-state index is 0.303. The molecule has 0 unspecified atom stereocenters. The Morgan fingerprint density at radius 2 is 2.11 bits per heavy atom. The van der Waals surface area contributed by atoms with Gasteiger partial charge in [0.25, 0.3) is 0 Å². The first-order valence-corrected chi connectivity index (χ1v) is 8.56. The molecule has 0 radical (unpaired) electrons. The molecule has 4 heterocycles. The number of pyridine rings is 2. The van der Waals surface area contributed by atoms with Gasteiger partial charge in [-0.2, -0.15) is 0 Å². The summed E-state index contributed by atoms with van der Waals surface area (Å²) in [6, 6.07) is 8.41. The van der Waals surface area contributed by atoms with Gasteiger partial charge in [-0.3, -0.25) is 4.40 Å². The van der Waals surface area contributed by atoms with E-state index in [2.05, 4.69) is 32.3 Å². The van der Waals surface area contributed by atoms with E-state index >= 15 is 0 Å². The van der Waals surface area contributed by atoms with E-state index in [1.54, 1.807) is 10.6 Å². The average Bonchev–Trinajstić information content (AvgIpc) is 3.20. The van der Waals surface area contributed by atoms with Crippen LogP contribution in [0.15, 0.2) is 42.7 Å². The fourth-order valence-corrected chi connectivity index (χ4v) is 3.20. The molecule has 1 saturated heterocycles. The van der Waals surface area contributed by atoms with Crippen LogP contribution in [0.4, 0.5) is 19.0 Å². The van der Waals surface area contributed by atoms with E-state index in [0.29, 0.717) is 29.0 Å². The van der Waals surface area contributed by atoms with Gasteiger partial charge in [0, 0.05) is 24.8 Å². The Hall–Kier alpha value is -2.81. The quantitative estimate of drug-likeness (QED) is 0.730. The van der Waals surface area contributed by atoms with Crippen LogP contribution in [-0.4, -0.2) is 39.9 Å². The summed E-state index contributed by atoms with van der Waals surface area (Å²) in [6.07, 6.45) is -1.66. The SMILES string of the molecule is C[C@H]1CNC[C@@H]1Nc1cccc(-c2cnc3cc(OC(F)(F)F)ccn23)n1. The highest BCUT2D eigenvalue weighted by atomic mass is 19.4. The van der Waals surface area contributed by atoms with Crippen molar-refractivity contribution >= 4 is 11.5 Å². The first kappa shape index (κ1) is 17.6. The number of ether oxygens (including phenoxy) is 1. The smallest absolute Gasteiger partial charge is 0.406 e. The highest BCUT2D eigenvalue weighted by molar-refractivity contribution is 5.62. The van der Waals surface area contributed by atoms with E-state index in [4.69, 9.17) is 0 Å². The van der Waals surface area contributed by atoms with Crippen LogP contribution < -0.4 is 15.4 Å². The number of rotatable bonds is 4. The van der Waals surface area contributed by atoms with Gasteiger partial charge >= 0.3 is 6.36 Å². The Labute approximate surface area is 153 Å². The molecule has 3 aromatic rings. The molecule has 2 atom stereocenters. The maximum atomic E-state index is 12.4. The lowest BCUT2D eigenvalue weighted by molar-refractivity contribution is -0.274. The van der Waals surface area contributed by atoms with E-state index in [-0.39, 0.29) is 5.75 Å². The summed E-state index contributed by atoms with van der Waals surface area (Å²) in [4.78, 5) is 8.81. The van der Waals surface area contributed by atoms with Crippen LogP contribution in [0.2, 0.25) is 0 Å². The van der Waals surface area contributed by atoms with Crippen molar-refractivity contribution in [1.82, 2.24) is 19.7 Å². The Morgan fingerprint density at radius 3 is 2.85 bits per heavy atom. The number of halogens is 3. The Morgan fingerprint density at radius 1 is 1.26 bits per heavy atom. The minimum atomic E-state index is -4.73. The van der Waals surface area contributed by atoms with Crippen molar-refractivity contribution < 1.29 is 17.9 Å². The van der Waals surface area contributed by atoms with Gasteiger partial charge in [0.2, 0.25) is 0 Å². The van der Waals surface area contributed by atoms with Crippen molar-refractivity contribution in [2.24, 2.45) is 5.92 Å². The molecule has 3 aromatic heterocycles. The number of nitrogens with zero attached hydrogens (tertiary/aromatic N) is 3. The van der Waals surface area contributed by atoms with Gasteiger partial charge in [-0.05, 0) is 30.7 Å². The third-order valence-corrected chi connectivity index (χ3v) is 4.58. The predicted octanol–water partition coefficient (Wildman–Crippen LogP) is 3.31. The van der Waals surface area contributed by atoms with E-state index in [9.17, 15) is 13.2 Å². The maximum Gasteiger partial charge on any atom is 0.573 e. The minimum Gasteiger partial charge on any atom is -0.406 e. The Kier molecular flexibility index (Phi) is 4.39. The van der Waals surface area contributed by atoms with E-state index in [0.717, 1.165) is 18.9 Å². The molecular formula is C18H18F3N5O. The van der Waals surface area contributed by atoms with Crippen LogP contribution in [0, 0.1) is 5.92 Å². The Balaban J connectivity index is 1.61. The van der Waals surface area contributed by atoms with Crippen LogP contribution in [0.5, 0.6) is 5.75 Å². The Bertz CT molecular complexity index is 956. The van der Waals surface area contributed by atoms with Gasteiger partial charge < -0.3 is 15.4 Å². The zero-order chi connectivity index (χ0) is 19.0. The van der Waals surface area contributed by atoms with E-state index < -0.39 is 6.36 Å². The van der Waals surface area contributed by atoms with Crippen LogP contribution in [0.25, 0.3) is 17.0 Å². The van der Waals surface area contributed by atoms with Gasteiger partial charge in [0.1, 0.15) is 17.2 Å². The highest BCUT2D eigenvalue weighted by Gasteiger charge is 2.31. The van der Waals surface area contributed by atoms with Crippen LogP contribution >= 0.6 is 0 Å². The molecule has 142 valence electrons. The summed E-state index contributed by atoms with van der Waals surface area (Å²) in [6.45, 7) is 4.02. The molecule has 0 spiro atoms. The second-order valence-electron chi connectivity index (χ2n) is 6.58. The molecular weight excluding hydrogens is 359 g/mol. The van der Waals surface area contributed by atoms with Crippen molar-refractivity contribution in [2.45, 2.75) is 19.3 Å². The van der Waals surface area contributed by atoms with Crippen LogP contribution in [-0.2, 0) is 0 Å². The van der Waals surface area contributed by atoms with Crippen molar-refractivity contribution in [2.75, 3.05) is 18.4 Å². The van der Waals surface area contributed by atoms with Gasteiger partial charge in [0.05, 0.1) is 17.6 Å². The molecule has 27 heavy (non-hydrogen) atoms. The largest absolute Gasteiger partial charge is 0.573 e. The second kappa shape index (κ2) is 6.73. The summed E-state index contributed by atoms with van der Waals surface area (Å²) in [5.74, 6) is 0.941. The first-order valence-electron chi connectivity index (χ1n) is 8.56. The second-order valence-corrected chi connectivity index (χ2v) is 6.58. The lowest BCUT2D eigenvalue weighted by Gasteiger charge is -2.17. The molecule has 6 nitrogen and oxygen atoms in total. The number of nitrogens with one attached hydrogen (secondary N) is 2. The molecule has 0 saturated carbocycles. The maximum absolute atomic E-state index is 12.4. The summed E-state index contributed by atoms with van der Waals surface area (Å²) < 4.78 is 42.8. The molecule has 4 rings (SSSR count). The molecule has 0 amide bonds. The third-order valence-electron chi connectivity index (χ3n) is 4.58. The molecule has 0 bridgehead atoms. The lowest BCUT2D eigenvalue weighted by Crippen LogP contribution is -2.27. The summed E-state index contributed by atoms with van der Waals surface area (Å²) in [5, 5.41) is 6.76. The van der Waals surface area contributed by atoms with Gasteiger partial charge in [-0.1, -0.05) is 13.0 Å². The number of imidazole rings is 1. The standard InChI is InChI=1S/C18H18F3N5O/c1-11-8-22-9-14(11)25-16-4-2-3-13(24-16)15-10-23-17-7-12(5-6-26(15)17)27-18(19,20)21/h2-7,10-11,14,22H,8-9H2,1H3,(H,24,25)/t11-,14-/m0/s1. The number of aromatic nitrogens is 3. The molecule has 1 aliphatic rings. The van der Waals surface area contributed by atoms with Gasteiger partial charge in [0.15, 0.2) is 0 Å². The number of anilines is 1. The van der Waals surface area contributed by atoms with Crippen molar-refractivity contribution in [1.29, 1.82) is 0 Å². The van der Waals surface area contributed by atoms with Gasteiger partial charge in [-0.25, -0.2) is 9.97 Å².